The molecule has 0 unspecified atom stereocenters. The van der Waals surface area contributed by atoms with Gasteiger partial charge in [0.25, 0.3) is 5.91 Å². The number of rotatable bonds is 3. The van der Waals surface area contributed by atoms with Crippen LogP contribution in [-0.4, -0.2) is 13.0 Å². The van der Waals surface area contributed by atoms with Crippen LogP contribution in [0, 0.1) is 11.3 Å². The van der Waals surface area contributed by atoms with Crippen molar-refractivity contribution in [3.63, 3.8) is 0 Å². The normalized spacial score (nSPS) is 9.65. The van der Waals surface area contributed by atoms with Crippen LogP contribution in [-0.2, 0) is 0 Å². The Morgan fingerprint density at radius 2 is 1.95 bits per heavy atom. The summed E-state index contributed by atoms with van der Waals surface area (Å²) in [6.45, 7) is 0. The third kappa shape index (κ3) is 2.90. The lowest BCUT2D eigenvalue weighted by molar-refractivity contribution is 0.102. The third-order valence-electron chi connectivity index (χ3n) is 2.71. The van der Waals surface area contributed by atoms with Gasteiger partial charge in [0.1, 0.15) is 17.5 Å². The smallest absolute Gasteiger partial charge is 0.255 e. The molecule has 0 spiro atoms. The Bertz CT molecular complexity index is 675. The number of nitrogens with zero attached hydrogens (tertiary/aromatic N) is 1. The van der Waals surface area contributed by atoms with Crippen LogP contribution in [0.25, 0.3) is 0 Å². The SMILES string of the molecule is COc1cccc(C#N)c1NC(=O)c1ccc(Cl)cc1. The van der Waals surface area contributed by atoms with Gasteiger partial charge in [-0.2, -0.15) is 5.26 Å². The summed E-state index contributed by atoms with van der Waals surface area (Å²) in [5.74, 6) is 0.106. The number of hydrogen-bond donors (Lipinski definition) is 1. The number of amides is 1. The van der Waals surface area contributed by atoms with Gasteiger partial charge in [-0.25, -0.2) is 0 Å². The predicted octanol–water partition coefficient (Wildman–Crippen LogP) is 3.47. The van der Waals surface area contributed by atoms with Crippen molar-refractivity contribution >= 4 is 23.2 Å². The Hall–Kier alpha value is -2.51. The third-order valence-corrected chi connectivity index (χ3v) is 2.96. The minimum Gasteiger partial charge on any atom is -0.495 e. The van der Waals surface area contributed by atoms with Crippen LogP contribution in [0.3, 0.4) is 0 Å². The number of carbonyl (C=O) groups is 1. The second-order valence-electron chi connectivity index (χ2n) is 3.96. The molecule has 0 aliphatic carbocycles. The van der Waals surface area contributed by atoms with Crippen molar-refractivity contribution in [1.29, 1.82) is 5.26 Å². The average molecular weight is 287 g/mol. The molecule has 1 N–H and O–H groups in total. The second-order valence-corrected chi connectivity index (χ2v) is 4.39. The molecule has 0 atom stereocenters. The number of ether oxygens (including phenoxy) is 1. The van der Waals surface area contributed by atoms with Crippen molar-refractivity contribution in [2.24, 2.45) is 0 Å². The molecule has 100 valence electrons. The first kappa shape index (κ1) is 13.9. The number of halogens is 1. The molecule has 2 aromatic carbocycles. The van der Waals surface area contributed by atoms with Gasteiger partial charge in [-0.3, -0.25) is 4.79 Å². The first-order valence-electron chi connectivity index (χ1n) is 5.79. The summed E-state index contributed by atoms with van der Waals surface area (Å²) in [6, 6.07) is 13.5. The summed E-state index contributed by atoms with van der Waals surface area (Å²) in [7, 11) is 1.48. The van der Waals surface area contributed by atoms with E-state index >= 15 is 0 Å². The van der Waals surface area contributed by atoms with Gasteiger partial charge in [-0.1, -0.05) is 17.7 Å². The van der Waals surface area contributed by atoms with E-state index in [1.807, 2.05) is 6.07 Å². The molecule has 0 radical (unpaired) electrons. The fourth-order valence-corrected chi connectivity index (χ4v) is 1.84. The van der Waals surface area contributed by atoms with E-state index in [1.165, 1.54) is 7.11 Å². The lowest BCUT2D eigenvalue weighted by Gasteiger charge is -2.11. The van der Waals surface area contributed by atoms with Gasteiger partial charge in [0, 0.05) is 10.6 Å². The van der Waals surface area contributed by atoms with E-state index < -0.39 is 0 Å². The molecule has 2 aromatic rings. The van der Waals surface area contributed by atoms with Crippen LogP contribution >= 0.6 is 11.6 Å². The Labute approximate surface area is 121 Å². The molecule has 1 amide bonds. The molecule has 2 rings (SSSR count). The largest absolute Gasteiger partial charge is 0.495 e. The van der Waals surface area contributed by atoms with Gasteiger partial charge in [-0.15, -0.1) is 0 Å². The van der Waals surface area contributed by atoms with E-state index in [0.717, 1.165) is 0 Å². The molecule has 0 heterocycles. The first-order valence-corrected chi connectivity index (χ1v) is 6.17. The Balaban J connectivity index is 2.32. The molecule has 0 saturated heterocycles. The van der Waals surface area contributed by atoms with Crippen molar-refractivity contribution < 1.29 is 9.53 Å². The van der Waals surface area contributed by atoms with Crippen LogP contribution in [0.5, 0.6) is 5.75 Å². The minimum absolute atomic E-state index is 0.331. The van der Waals surface area contributed by atoms with Gasteiger partial charge >= 0.3 is 0 Å². The first-order chi connectivity index (χ1) is 9.65. The summed E-state index contributed by atoms with van der Waals surface area (Å²) in [4.78, 5) is 12.1. The van der Waals surface area contributed by atoms with Gasteiger partial charge in [0.15, 0.2) is 0 Å². The van der Waals surface area contributed by atoms with Gasteiger partial charge in [0.2, 0.25) is 0 Å². The van der Waals surface area contributed by atoms with Crippen LogP contribution in [0.4, 0.5) is 5.69 Å². The predicted molar refractivity (Wildman–Crippen MR) is 77.1 cm³/mol. The maximum atomic E-state index is 12.1. The Morgan fingerprint density at radius 1 is 1.25 bits per heavy atom. The number of para-hydroxylation sites is 1. The Morgan fingerprint density at radius 3 is 2.55 bits per heavy atom. The summed E-state index contributed by atoms with van der Waals surface area (Å²) >= 11 is 5.78. The highest BCUT2D eigenvalue weighted by Gasteiger charge is 2.13. The molecule has 0 saturated carbocycles. The lowest BCUT2D eigenvalue weighted by atomic mass is 10.1. The maximum absolute atomic E-state index is 12.1. The zero-order valence-electron chi connectivity index (χ0n) is 10.7. The molecule has 5 heteroatoms. The maximum Gasteiger partial charge on any atom is 0.255 e. The fraction of sp³-hybridized carbons (Fsp3) is 0.0667. The van der Waals surface area contributed by atoms with Crippen molar-refractivity contribution in [2.75, 3.05) is 12.4 Å². The van der Waals surface area contributed by atoms with Crippen molar-refractivity contribution in [3.8, 4) is 11.8 Å². The van der Waals surface area contributed by atoms with Crippen molar-refractivity contribution in [3.05, 3.63) is 58.6 Å². The van der Waals surface area contributed by atoms with E-state index in [4.69, 9.17) is 21.6 Å². The molecule has 0 fully saturated rings. The van der Waals surface area contributed by atoms with Crippen LogP contribution in [0.2, 0.25) is 5.02 Å². The number of methoxy groups -OCH3 is 1. The van der Waals surface area contributed by atoms with Gasteiger partial charge in [0.05, 0.1) is 12.7 Å². The van der Waals surface area contributed by atoms with E-state index in [2.05, 4.69) is 5.32 Å². The fourth-order valence-electron chi connectivity index (χ4n) is 1.71. The number of benzene rings is 2. The van der Waals surface area contributed by atoms with E-state index in [0.29, 0.717) is 27.6 Å². The van der Waals surface area contributed by atoms with Gasteiger partial charge in [-0.05, 0) is 36.4 Å². The lowest BCUT2D eigenvalue weighted by Crippen LogP contribution is -2.13. The quantitative estimate of drug-likeness (QED) is 0.939. The zero-order valence-corrected chi connectivity index (χ0v) is 11.4. The standard InChI is InChI=1S/C15H11ClN2O2/c1-20-13-4-2-3-11(9-17)14(13)18-15(19)10-5-7-12(16)8-6-10/h2-8H,1H3,(H,18,19). The number of nitriles is 1. The number of anilines is 1. The average Bonchev–Trinajstić information content (AvgIpc) is 2.48. The van der Waals surface area contributed by atoms with Crippen LogP contribution in [0.15, 0.2) is 42.5 Å². The zero-order chi connectivity index (χ0) is 14.5. The molecule has 0 aliphatic rings. The summed E-state index contributed by atoms with van der Waals surface area (Å²) < 4.78 is 5.16. The molecule has 4 nitrogen and oxygen atoms in total. The van der Waals surface area contributed by atoms with Crippen molar-refractivity contribution in [1.82, 2.24) is 0 Å². The summed E-state index contributed by atoms with van der Waals surface area (Å²) in [5, 5.41) is 12.3. The summed E-state index contributed by atoms with van der Waals surface area (Å²) in [5.41, 5.74) is 1.15. The number of hydrogen-bond acceptors (Lipinski definition) is 3. The Kier molecular flexibility index (Phi) is 4.24. The molecular formula is C15H11ClN2O2. The number of nitrogens with one attached hydrogen (secondary N) is 1. The molecule has 20 heavy (non-hydrogen) atoms. The van der Waals surface area contributed by atoms with Gasteiger partial charge < -0.3 is 10.1 Å². The van der Waals surface area contributed by atoms with E-state index in [-0.39, 0.29) is 5.91 Å². The van der Waals surface area contributed by atoms with Crippen LogP contribution in [0.1, 0.15) is 15.9 Å². The minimum atomic E-state index is -0.331. The van der Waals surface area contributed by atoms with E-state index in [1.54, 1.807) is 42.5 Å². The molecule has 0 bridgehead atoms. The van der Waals surface area contributed by atoms with Crippen LogP contribution < -0.4 is 10.1 Å². The summed E-state index contributed by atoms with van der Waals surface area (Å²) in [6.07, 6.45) is 0. The number of carbonyl (C=O) groups excluding carboxylic acids is 1. The molecule has 0 aliphatic heterocycles. The monoisotopic (exact) mass is 286 g/mol. The topological polar surface area (TPSA) is 62.1 Å². The highest BCUT2D eigenvalue weighted by molar-refractivity contribution is 6.30. The second kappa shape index (κ2) is 6.09. The van der Waals surface area contributed by atoms with Crippen molar-refractivity contribution in [2.45, 2.75) is 0 Å². The highest BCUT2D eigenvalue weighted by Crippen LogP contribution is 2.28. The highest BCUT2D eigenvalue weighted by atomic mass is 35.5. The van der Waals surface area contributed by atoms with E-state index in [9.17, 15) is 4.79 Å². The molecule has 0 aromatic heterocycles. The molecular weight excluding hydrogens is 276 g/mol.